The van der Waals surface area contributed by atoms with Gasteiger partial charge in [0.1, 0.15) is 6.61 Å². The van der Waals surface area contributed by atoms with Gasteiger partial charge in [0.25, 0.3) is 0 Å². The second-order valence-electron chi connectivity index (χ2n) is 5.54. The van der Waals surface area contributed by atoms with Gasteiger partial charge in [-0.1, -0.05) is 12.1 Å². The van der Waals surface area contributed by atoms with Gasteiger partial charge in [-0.05, 0) is 24.1 Å². The molecule has 1 unspecified atom stereocenters. The van der Waals surface area contributed by atoms with Crippen molar-refractivity contribution in [2.24, 2.45) is 0 Å². The van der Waals surface area contributed by atoms with E-state index in [1.165, 1.54) is 10.6 Å². The zero-order valence-electron chi connectivity index (χ0n) is 11.9. The van der Waals surface area contributed by atoms with Gasteiger partial charge in [0.15, 0.2) is 5.78 Å². The molecule has 4 rings (SSSR count). The number of hydrogen-bond acceptors (Lipinski definition) is 5. The van der Waals surface area contributed by atoms with Crippen LogP contribution in [0.5, 0.6) is 0 Å². The second kappa shape index (κ2) is 5.31. The molecule has 1 atom stereocenters. The normalized spacial score (nSPS) is 23.8. The van der Waals surface area contributed by atoms with Crippen LogP contribution >= 0.6 is 11.8 Å². The number of nitrogens with one attached hydrogen (secondary N) is 1. The Morgan fingerprint density at radius 3 is 3.09 bits per heavy atom. The van der Waals surface area contributed by atoms with Crippen molar-refractivity contribution in [2.75, 3.05) is 19.0 Å². The molecule has 0 fully saturated rings. The van der Waals surface area contributed by atoms with E-state index in [2.05, 4.69) is 11.4 Å². The Bertz CT molecular complexity index is 773. The van der Waals surface area contributed by atoms with Gasteiger partial charge in [-0.15, -0.1) is 11.8 Å². The molecule has 3 aliphatic rings. The van der Waals surface area contributed by atoms with Gasteiger partial charge in [-0.25, -0.2) is 0 Å². The number of carbonyl (C=O) groups is 1. The maximum absolute atomic E-state index is 12.4. The molecule has 0 amide bonds. The minimum absolute atomic E-state index is 0.0418. The van der Waals surface area contributed by atoms with E-state index in [0.717, 1.165) is 29.0 Å². The summed E-state index contributed by atoms with van der Waals surface area (Å²) in [4.78, 5) is 13.7. The van der Waals surface area contributed by atoms with E-state index < -0.39 is 0 Å². The van der Waals surface area contributed by atoms with Crippen LogP contribution < -0.4 is 5.32 Å². The SMILES string of the molecule is N#Cc1cccc(C2C3=C(CCS3)NC3=C2C(=O)COC3)c1. The summed E-state index contributed by atoms with van der Waals surface area (Å²) in [5.41, 5.74) is 4.56. The van der Waals surface area contributed by atoms with Crippen molar-refractivity contribution in [3.8, 4) is 6.07 Å². The Balaban J connectivity index is 1.88. The molecule has 0 saturated heterocycles. The number of hydrogen-bond donors (Lipinski definition) is 1. The lowest BCUT2D eigenvalue weighted by Crippen LogP contribution is -2.35. The van der Waals surface area contributed by atoms with Crippen LogP contribution in [0.25, 0.3) is 0 Å². The summed E-state index contributed by atoms with van der Waals surface area (Å²) in [6, 6.07) is 9.77. The molecule has 0 saturated carbocycles. The molecular formula is C17H14N2O2S. The highest BCUT2D eigenvalue weighted by Gasteiger charge is 2.38. The zero-order valence-corrected chi connectivity index (χ0v) is 12.7. The highest BCUT2D eigenvalue weighted by molar-refractivity contribution is 8.03. The Kier molecular flexibility index (Phi) is 3.29. The van der Waals surface area contributed by atoms with E-state index in [1.807, 2.05) is 30.0 Å². The molecular weight excluding hydrogens is 296 g/mol. The molecule has 0 spiro atoms. The van der Waals surface area contributed by atoms with Crippen LogP contribution in [-0.2, 0) is 9.53 Å². The van der Waals surface area contributed by atoms with Gasteiger partial charge < -0.3 is 10.1 Å². The molecule has 4 nitrogen and oxygen atoms in total. The third-order valence-electron chi connectivity index (χ3n) is 4.21. The van der Waals surface area contributed by atoms with Gasteiger partial charge in [0.05, 0.1) is 18.2 Å². The molecule has 22 heavy (non-hydrogen) atoms. The van der Waals surface area contributed by atoms with Crippen molar-refractivity contribution in [1.29, 1.82) is 5.26 Å². The molecule has 0 aliphatic carbocycles. The summed E-state index contributed by atoms with van der Waals surface area (Å²) in [6.07, 6.45) is 0.986. The first-order valence-corrected chi connectivity index (χ1v) is 8.23. The fraction of sp³-hybridized carbons (Fsp3) is 0.294. The quantitative estimate of drug-likeness (QED) is 0.863. The highest BCUT2D eigenvalue weighted by atomic mass is 32.2. The number of carbonyl (C=O) groups excluding carboxylic acids is 1. The average molecular weight is 310 g/mol. The summed E-state index contributed by atoms with van der Waals surface area (Å²) in [6.45, 7) is 0.596. The molecule has 5 heteroatoms. The lowest BCUT2D eigenvalue weighted by molar-refractivity contribution is -0.121. The van der Waals surface area contributed by atoms with E-state index in [9.17, 15) is 4.79 Å². The molecule has 110 valence electrons. The first kappa shape index (κ1) is 13.6. The Morgan fingerprint density at radius 2 is 2.23 bits per heavy atom. The van der Waals surface area contributed by atoms with Crippen LogP contribution in [-0.4, -0.2) is 24.7 Å². The number of allylic oxidation sites excluding steroid dienone is 2. The van der Waals surface area contributed by atoms with Gasteiger partial charge in [-0.3, -0.25) is 4.79 Å². The van der Waals surface area contributed by atoms with Crippen molar-refractivity contribution >= 4 is 17.5 Å². The van der Waals surface area contributed by atoms with E-state index in [0.29, 0.717) is 12.2 Å². The number of dihydropyridines is 1. The Labute approximate surface area is 132 Å². The zero-order chi connectivity index (χ0) is 15.1. The monoisotopic (exact) mass is 310 g/mol. The van der Waals surface area contributed by atoms with Crippen LogP contribution in [0.15, 0.2) is 46.1 Å². The summed E-state index contributed by atoms with van der Waals surface area (Å²) in [7, 11) is 0. The highest BCUT2D eigenvalue weighted by Crippen LogP contribution is 2.48. The van der Waals surface area contributed by atoms with Crippen molar-refractivity contribution < 1.29 is 9.53 Å². The minimum atomic E-state index is -0.0524. The molecule has 1 aromatic carbocycles. The van der Waals surface area contributed by atoms with Crippen LogP contribution in [0, 0.1) is 11.3 Å². The minimum Gasteiger partial charge on any atom is -0.367 e. The Hall–Kier alpha value is -2.03. The number of rotatable bonds is 1. The third kappa shape index (κ3) is 2.07. The van der Waals surface area contributed by atoms with Crippen LogP contribution in [0.3, 0.4) is 0 Å². The van der Waals surface area contributed by atoms with Crippen molar-refractivity contribution in [2.45, 2.75) is 12.3 Å². The summed E-state index contributed by atoms with van der Waals surface area (Å²) in [5, 5.41) is 12.6. The van der Waals surface area contributed by atoms with E-state index in [-0.39, 0.29) is 18.3 Å². The van der Waals surface area contributed by atoms with E-state index in [1.54, 1.807) is 6.07 Å². The number of thioether (sulfide) groups is 1. The molecule has 0 radical (unpaired) electrons. The number of nitrogens with zero attached hydrogens (tertiary/aromatic N) is 1. The molecule has 1 N–H and O–H groups in total. The maximum Gasteiger partial charge on any atom is 0.187 e. The summed E-state index contributed by atoms with van der Waals surface area (Å²) in [5.74, 6) is 1.02. The number of ether oxygens (including phenoxy) is 1. The van der Waals surface area contributed by atoms with E-state index in [4.69, 9.17) is 10.00 Å². The first-order valence-electron chi connectivity index (χ1n) is 7.25. The fourth-order valence-corrected chi connectivity index (χ4v) is 4.56. The van der Waals surface area contributed by atoms with Gasteiger partial charge in [0.2, 0.25) is 0 Å². The maximum atomic E-state index is 12.4. The average Bonchev–Trinajstić information content (AvgIpc) is 3.01. The molecule has 0 aromatic heterocycles. The third-order valence-corrected chi connectivity index (χ3v) is 5.42. The summed E-state index contributed by atoms with van der Waals surface area (Å²) < 4.78 is 5.38. The Morgan fingerprint density at radius 1 is 1.32 bits per heavy atom. The van der Waals surface area contributed by atoms with Crippen LogP contribution in [0.1, 0.15) is 23.5 Å². The first-order chi connectivity index (χ1) is 10.8. The van der Waals surface area contributed by atoms with Crippen molar-refractivity contribution in [1.82, 2.24) is 5.32 Å². The smallest absolute Gasteiger partial charge is 0.187 e. The lowest BCUT2D eigenvalue weighted by Gasteiger charge is -2.33. The van der Waals surface area contributed by atoms with Gasteiger partial charge in [0, 0.05) is 33.5 Å². The second-order valence-corrected chi connectivity index (χ2v) is 6.68. The fourth-order valence-electron chi connectivity index (χ4n) is 3.28. The van der Waals surface area contributed by atoms with Crippen LogP contribution in [0.4, 0.5) is 0 Å². The number of nitriles is 1. The van der Waals surface area contributed by atoms with Gasteiger partial charge >= 0.3 is 0 Å². The van der Waals surface area contributed by atoms with Crippen LogP contribution in [0.2, 0.25) is 0 Å². The molecule has 0 bridgehead atoms. The molecule has 3 heterocycles. The number of Topliss-reactive ketones (excluding diaryl/α,β-unsaturated/α-hetero) is 1. The standard InChI is InChI=1S/C17H14N2O2S/c18-7-10-2-1-3-11(6-10)15-16-13(8-21-9-14(16)20)19-12-4-5-22-17(12)15/h1-3,6,15,19H,4-5,8-9H2. The van der Waals surface area contributed by atoms with Gasteiger partial charge in [-0.2, -0.15) is 5.26 Å². The predicted molar refractivity (Wildman–Crippen MR) is 84.0 cm³/mol. The largest absolute Gasteiger partial charge is 0.367 e. The molecule has 1 aromatic rings. The number of benzene rings is 1. The predicted octanol–water partition coefficient (Wildman–Crippen LogP) is 2.45. The summed E-state index contributed by atoms with van der Waals surface area (Å²) >= 11 is 1.81. The topological polar surface area (TPSA) is 62.1 Å². The molecule has 3 aliphatic heterocycles. The van der Waals surface area contributed by atoms with Crippen molar-refractivity contribution in [3.63, 3.8) is 0 Å². The lowest BCUT2D eigenvalue weighted by atomic mass is 9.83. The van der Waals surface area contributed by atoms with E-state index >= 15 is 0 Å². The number of ketones is 1. The van der Waals surface area contributed by atoms with Crippen molar-refractivity contribution in [3.05, 3.63) is 57.3 Å².